The van der Waals surface area contributed by atoms with Crippen molar-refractivity contribution in [1.82, 2.24) is 15.5 Å². The van der Waals surface area contributed by atoms with E-state index in [0.717, 1.165) is 37.3 Å². The number of ether oxygens (including phenoxy) is 2. The predicted octanol–water partition coefficient (Wildman–Crippen LogP) is 1.95. The minimum absolute atomic E-state index is 0.0194. The molecule has 3 rings (SSSR count). The van der Waals surface area contributed by atoms with E-state index in [9.17, 15) is 4.79 Å². The zero-order chi connectivity index (χ0) is 20.0. The van der Waals surface area contributed by atoms with Gasteiger partial charge in [-0.15, -0.1) is 0 Å². The summed E-state index contributed by atoms with van der Waals surface area (Å²) in [7, 11) is 5.24. The first-order valence-electron chi connectivity index (χ1n) is 9.99. The Hall–Kier alpha value is -2.28. The number of carbonyl (C=O) groups is 1. The molecule has 1 aliphatic heterocycles. The van der Waals surface area contributed by atoms with Crippen LogP contribution in [0.3, 0.4) is 0 Å². The van der Waals surface area contributed by atoms with E-state index >= 15 is 0 Å². The number of benzene rings is 1. The molecule has 7 heteroatoms. The molecule has 1 saturated carbocycles. The maximum absolute atomic E-state index is 12.0. The smallest absolute Gasteiger partial charge is 0.243 e. The third-order valence-electron chi connectivity index (χ3n) is 5.57. The van der Waals surface area contributed by atoms with E-state index in [1.165, 1.54) is 12.8 Å². The van der Waals surface area contributed by atoms with Crippen LogP contribution in [0.4, 0.5) is 0 Å². The first-order chi connectivity index (χ1) is 13.5. The molecule has 1 fully saturated rings. The monoisotopic (exact) mass is 388 g/mol. The molecule has 0 spiro atoms. The number of likely N-dealkylation sites (N-methyl/N-ethyl adjacent to an activating group) is 1. The van der Waals surface area contributed by atoms with Crippen LogP contribution < -0.4 is 15.4 Å². The summed E-state index contributed by atoms with van der Waals surface area (Å²) in [5.41, 5.74) is 1.42. The first kappa shape index (κ1) is 20.5. The number of amides is 1. The van der Waals surface area contributed by atoms with Crippen molar-refractivity contribution in [2.24, 2.45) is 10.4 Å². The van der Waals surface area contributed by atoms with Gasteiger partial charge in [0.25, 0.3) is 0 Å². The summed E-state index contributed by atoms with van der Waals surface area (Å²) in [6.45, 7) is 2.39. The van der Waals surface area contributed by atoms with Gasteiger partial charge in [0.15, 0.2) is 5.96 Å². The maximum Gasteiger partial charge on any atom is 0.243 e. The summed E-state index contributed by atoms with van der Waals surface area (Å²) >= 11 is 0. The highest BCUT2D eigenvalue weighted by Crippen LogP contribution is 2.48. The number of nitrogens with one attached hydrogen (secondary N) is 2. The van der Waals surface area contributed by atoms with Crippen LogP contribution in [-0.4, -0.2) is 64.3 Å². The van der Waals surface area contributed by atoms with Crippen molar-refractivity contribution in [1.29, 1.82) is 0 Å². The van der Waals surface area contributed by atoms with Gasteiger partial charge in [-0.05, 0) is 30.7 Å². The van der Waals surface area contributed by atoms with E-state index in [0.29, 0.717) is 12.6 Å². The lowest BCUT2D eigenvalue weighted by Crippen LogP contribution is -2.44. The topological polar surface area (TPSA) is 75.2 Å². The van der Waals surface area contributed by atoms with Crippen molar-refractivity contribution >= 4 is 11.9 Å². The Balaban J connectivity index is 1.68. The standard InChI is InChI=1S/C21H32N4O3/c1-25(2)19(26)14-22-20(23-15-21(9-10-21)11-13-27-3)24-17-8-12-28-18-7-5-4-6-16(17)18/h4-7,17H,8-15H2,1-3H3,(H2,22,23,24). The summed E-state index contributed by atoms with van der Waals surface area (Å²) in [4.78, 5) is 18.1. The lowest BCUT2D eigenvalue weighted by atomic mass is 10.0. The molecule has 1 heterocycles. The summed E-state index contributed by atoms with van der Waals surface area (Å²) in [5.74, 6) is 1.57. The number of carbonyl (C=O) groups excluding carboxylic acids is 1. The third kappa shape index (κ3) is 5.38. The molecule has 0 aromatic heterocycles. The number of guanidine groups is 1. The molecule has 1 aliphatic carbocycles. The molecule has 28 heavy (non-hydrogen) atoms. The molecule has 7 nitrogen and oxygen atoms in total. The Morgan fingerprint density at radius 1 is 1.36 bits per heavy atom. The summed E-state index contributed by atoms with van der Waals surface area (Å²) in [6.07, 6.45) is 4.30. The molecule has 0 radical (unpaired) electrons. The number of nitrogens with zero attached hydrogens (tertiary/aromatic N) is 2. The quantitative estimate of drug-likeness (QED) is 0.526. The highest BCUT2D eigenvalue weighted by Gasteiger charge is 2.42. The van der Waals surface area contributed by atoms with Crippen LogP contribution in [0, 0.1) is 5.41 Å². The lowest BCUT2D eigenvalue weighted by Gasteiger charge is -2.28. The molecule has 1 unspecified atom stereocenters. The van der Waals surface area contributed by atoms with Crippen molar-refractivity contribution in [3.05, 3.63) is 29.8 Å². The van der Waals surface area contributed by atoms with Crippen molar-refractivity contribution in [3.8, 4) is 5.75 Å². The second-order valence-electron chi connectivity index (χ2n) is 7.92. The van der Waals surface area contributed by atoms with Crippen molar-refractivity contribution in [2.75, 3.05) is 47.5 Å². The molecular formula is C21H32N4O3. The van der Waals surface area contributed by atoms with Gasteiger partial charge >= 0.3 is 0 Å². The number of para-hydroxylation sites is 1. The third-order valence-corrected chi connectivity index (χ3v) is 5.57. The van der Waals surface area contributed by atoms with Gasteiger partial charge in [0.1, 0.15) is 12.3 Å². The van der Waals surface area contributed by atoms with Crippen LogP contribution >= 0.6 is 0 Å². The van der Waals surface area contributed by atoms with E-state index < -0.39 is 0 Å². The molecule has 1 aromatic carbocycles. The predicted molar refractivity (Wildman–Crippen MR) is 110 cm³/mol. The van der Waals surface area contributed by atoms with Crippen LogP contribution in [0.1, 0.15) is 37.3 Å². The van der Waals surface area contributed by atoms with Crippen LogP contribution in [0.25, 0.3) is 0 Å². The van der Waals surface area contributed by atoms with Gasteiger partial charge in [0.05, 0.1) is 12.6 Å². The molecule has 1 atom stereocenters. The summed E-state index contributed by atoms with van der Waals surface area (Å²) < 4.78 is 11.0. The van der Waals surface area contributed by atoms with Gasteiger partial charge in [-0.1, -0.05) is 18.2 Å². The van der Waals surface area contributed by atoms with Crippen LogP contribution in [0.2, 0.25) is 0 Å². The molecular weight excluding hydrogens is 356 g/mol. The Labute approximate surface area is 167 Å². The second-order valence-corrected chi connectivity index (χ2v) is 7.92. The van der Waals surface area contributed by atoms with E-state index in [1.54, 1.807) is 26.1 Å². The zero-order valence-corrected chi connectivity index (χ0v) is 17.2. The average molecular weight is 389 g/mol. The molecule has 154 valence electrons. The Kier molecular flexibility index (Phi) is 6.78. The normalized spacial score (nSPS) is 20.0. The number of hydrogen-bond acceptors (Lipinski definition) is 4. The van der Waals surface area contributed by atoms with Gasteiger partial charge in [-0.25, -0.2) is 4.99 Å². The Morgan fingerprint density at radius 3 is 2.86 bits per heavy atom. The fourth-order valence-electron chi connectivity index (χ4n) is 3.38. The molecule has 1 aromatic rings. The van der Waals surface area contributed by atoms with Crippen molar-refractivity contribution < 1.29 is 14.3 Å². The van der Waals surface area contributed by atoms with Gasteiger partial charge in [0.2, 0.25) is 5.91 Å². The molecule has 1 amide bonds. The molecule has 0 saturated heterocycles. The van der Waals surface area contributed by atoms with Crippen LogP contribution in [0.15, 0.2) is 29.3 Å². The van der Waals surface area contributed by atoms with E-state index in [1.807, 2.05) is 18.2 Å². The first-order valence-corrected chi connectivity index (χ1v) is 9.99. The Morgan fingerprint density at radius 2 is 2.14 bits per heavy atom. The highest BCUT2D eigenvalue weighted by atomic mass is 16.5. The molecule has 0 bridgehead atoms. The zero-order valence-electron chi connectivity index (χ0n) is 17.2. The molecule has 2 aliphatic rings. The fourth-order valence-corrected chi connectivity index (χ4v) is 3.38. The van der Waals surface area contributed by atoms with Crippen LogP contribution in [0.5, 0.6) is 5.75 Å². The van der Waals surface area contributed by atoms with Gasteiger partial charge in [-0.2, -0.15) is 0 Å². The number of rotatable bonds is 8. The number of aliphatic imine (C=N–C) groups is 1. The fraction of sp³-hybridized carbons (Fsp3) is 0.619. The Bertz CT molecular complexity index is 701. The van der Waals surface area contributed by atoms with E-state index in [2.05, 4.69) is 21.7 Å². The SMILES string of the molecule is COCCC1(CNC(=NCC(=O)N(C)C)NC2CCOc3ccccc32)CC1. The van der Waals surface area contributed by atoms with Crippen molar-refractivity contribution in [2.45, 2.75) is 31.7 Å². The largest absolute Gasteiger partial charge is 0.493 e. The van der Waals surface area contributed by atoms with Gasteiger partial charge < -0.3 is 25.0 Å². The number of hydrogen-bond donors (Lipinski definition) is 2. The average Bonchev–Trinajstić information content (AvgIpc) is 3.48. The van der Waals surface area contributed by atoms with Crippen LogP contribution in [-0.2, 0) is 9.53 Å². The van der Waals surface area contributed by atoms with Crippen molar-refractivity contribution in [3.63, 3.8) is 0 Å². The lowest BCUT2D eigenvalue weighted by molar-refractivity contribution is -0.127. The summed E-state index contributed by atoms with van der Waals surface area (Å²) in [5, 5.41) is 7.00. The number of fused-ring (bicyclic) bond motifs is 1. The minimum atomic E-state index is -0.0194. The van der Waals surface area contributed by atoms with E-state index in [4.69, 9.17) is 9.47 Å². The maximum atomic E-state index is 12.0. The van der Waals surface area contributed by atoms with Gasteiger partial charge in [-0.3, -0.25) is 4.79 Å². The van der Waals surface area contributed by atoms with E-state index in [-0.39, 0.29) is 23.9 Å². The second kappa shape index (κ2) is 9.28. The minimum Gasteiger partial charge on any atom is -0.493 e. The highest BCUT2D eigenvalue weighted by molar-refractivity contribution is 5.85. The molecule has 2 N–H and O–H groups in total. The number of methoxy groups -OCH3 is 1. The summed E-state index contributed by atoms with van der Waals surface area (Å²) in [6, 6.07) is 8.19. The van der Waals surface area contributed by atoms with Gasteiger partial charge in [0, 0.05) is 46.3 Å².